The third-order valence-electron chi connectivity index (χ3n) is 4.67. The van der Waals surface area contributed by atoms with E-state index in [1.54, 1.807) is 11.0 Å². The van der Waals surface area contributed by atoms with Crippen LogP contribution in [0.3, 0.4) is 0 Å². The van der Waals surface area contributed by atoms with E-state index < -0.39 is 5.60 Å². The Morgan fingerprint density at radius 2 is 2.04 bits per heavy atom. The van der Waals surface area contributed by atoms with Gasteiger partial charge in [-0.05, 0) is 51.8 Å². The van der Waals surface area contributed by atoms with E-state index >= 15 is 0 Å². The number of ether oxygens (including phenoxy) is 1. The lowest BCUT2D eigenvalue weighted by atomic mass is 10.1. The van der Waals surface area contributed by atoms with Crippen LogP contribution in [-0.2, 0) is 16.8 Å². The Morgan fingerprint density at radius 3 is 2.68 bits per heavy atom. The van der Waals surface area contributed by atoms with Crippen molar-refractivity contribution in [3.63, 3.8) is 0 Å². The van der Waals surface area contributed by atoms with Gasteiger partial charge in [0, 0.05) is 12.1 Å². The Balaban J connectivity index is 1.64. The molecule has 25 heavy (non-hydrogen) atoms. The van der Waals surface area contributed by atoms with Crippen molar-refractivity contribution in [1.82, 2.24) is 14.7 Å². The zero-order valence-electron chi connectivity index (χ0n) is 14.8. The average Bonchev–Trinajstić information content (AvgIpc) is 3.13. The van der Waals surface area contributed by atoms with Gasteiger partial charge in [0.1, 0.15) is 11.4 Å². The first kappa shape index (κ1) is 16.1. The molecular weight excluding hydrogens is 321 g/mol. The Morgan fingerprint density at radius 1 is 1.28 bits per heavy atom. The molecule has 1 aromatic heterocycles. The molecule has 2 aliphatic rings. The van der Waals surface area contributed by atoms with Crippen molar-refractivity contribution >= 4 is 6.09 Å². The topological polar surface area (TPSA) is 47.4 Å². The second kappa shape index (κ2) is 5.31. The summed E-state index contributed by atoms with van der Waals surface area (Å²) in [6.07, 6.45) is 1.69. The zero-order valence-corrected chi connectivity index (χ0v) is 14.8. The van der Waals surface area contributed by atoms with Crippen molar-refractivity contribution in [3.8, 4) is 11.3 Å². The molecule has 1 fully saturated rings. The van der Waals surface area contributed by atoms with Crippen LogP contribution in [0.25, 0.3) is 11.3 Å². The number of amides is 1. The molecule has 1 aliphatic carbocycles. The van der Waals surface area contributed by atoms with Gasteiger partial charge in [-0.25, -0.2) is 9.18 Å². The van der Waals surface area contributed by atoms with E-state index in [0.717, 1.165) is 29.8 Å². The first-order valence-corrected chi connectivity index (χ1v) is 8.59. The molecule has 2 heterocycles. The van der Waals surface area contributed by atoms with Crippen molar-refractivity contribution in [2.75, 3.05) is 6.54 Å². The number of hydrogen-bond acceptors (Lipinski definition) is 3. The summed E-state index contributed by atoms with van der Waals surface area (Å²) in [4.78, 5) is 14.2. The fourth-order valence-corrected chi connectivity index (χ4v) is 3.38. The first-order valence-electron chi connectivity index (χ1n) is 8.59. The van der Waals surface area contributed by atoms with Crippen molar-refractivity contribution in [2.24, 2.45) is 0 Å². The Bertz CT molecular complexity index is 833. The summed E-state index contributed by atoms with van der Waals surface area (Å²) < 4.78 is 21.1. The highest BCUT2D eigenvalue weighted by molar-refractivity contribution is 5.69. The van der Waals surface area contributed by atoms with E-state index in [2.05, 4.69) is 0 Å². The molecule has 1 aliphatic heterocycles. The minimum atomic E-state index is -0.516. The molecule has 1 spiro atoms. The molecule has 0 N–H and O–H groups in total. The summed E-state index contributed by atoms with van der Waals surface area (Å²) >= 11 is 0. The third kappa shape index (κ3) is 3.01. The summed E-state index contributed by atoms with van der Waals surface area (Å²) in [5.74, 6) is -0.278. The van der Waals surface area contributed by atoms with Crippen LogP contribution in [-0.4, -0.2) is 32.9 Å². The number of fused-ring (bicyclic) bond motifs is 2. The van der Waals surface area contributed by atoms with Gasteiger partial charge in [0.15, 0.2) is 0 Å². The maximum absolute atomic E-state index is 13.5. The average molecular weight is 343 g/mol. The highest BCUT2D eigenvalue weighted by Crippen LogP contribution is 2.47. The lowest BCUT2D eigenvalue weighted by molar-refractivity contribution is 0.0142. The summed E-state index contributed by atoms with van der Waals surface area (Å²) in [7, 11) is 0. The van der Waals surface area contributed by atoms with Gasteiger partial charge in [0.05, 0.1) is 23.5 Å². The molecule has 1 amide bonds. The zero-order chi connectivity index (χ0) is 17.8. The molecule has 0 unspecified atom stereocenters. The third-order valence-corrected chi connectivity index (χ3v) is 4.67. The summed E-state index contributed by atoms with van der Waals surface area (Å²) in [5, 5.41) is 4.72. The number of carbonyl (C=O) groups is 1. The van der Waals surface area contributed by atoms with Gasteiger partial charge in [0.2, 0.25) is 0 Å². The van der Waals surface area contributed by atoms with Gasteiger partial charge in [-0.15, -0.1) is 0 Å². The summed E-state index contributed by atoms with van der Waals surface area (Å²) in [5.41, 5.74) is 1.82. The van der Waals surface area contributed by atoms with E-state index in [9.17, 15) is 9.18 Å². The van der Waals surface area contributed by atoms with Crippen LogP contribution in [0.4, 0.5) is 9.18 Å². The molecule has 4 rings (SSSR count). The quantitative estimate of drug-likeness (QED) is 0.788. The van der Waals surface area contributed by atoms with Gasteiger partial charge in [-0.1, -0.05) is 12.1 Å². The van der Waals surface area contributed by atoms with Crippen LogP contribution in [0.5, 0.6) is 0 Å². The number of carbonyl (C=O) groups excluding carboxylic acids is 1. The van der Waals surface area contributed by atoms with Crippen molar-refractivity contribution in [2.45, 2.75) is 51.3 Å². The predicted molar refractivity (Wildman–Crippen MR) is 91.5 cm³/mol. The van der Waals surface area contributed by atoms with E-state index in [1.165, 1.54) is 12.1 Å². The van der Waals surface area contributed by atoms with Crippen LogP contribution in [0, 0.1) is 5.82 Å². The molecule has 6 heteroatoms. The fraction of sp³-hybridized carbons (Fsp3) is 0.474. The first-order chi connectivity index (χ1) is 11.8. The van der Waals surface area contributed by atoms with Gasteiger partial charge in [-0.3, -0.25) is 9.58 Å². The van der Waals surface area contributed by atoms with Gasteiger partial charge < -0.3 is 4.74 Å². The number of aromatic nitrogens is 2. The fourth-order valence-electron chi connectivity index (χ4n) is 3.38. The lowest BCUT2D eigenvalue weighted by Crippen LogP contribution is -2.47. The maximum atomic E-state index is 13.5. The van der Waals surface area contributed by atoms with Crippen LogP contribution in [0.15, 0.2) is 30.3 Å². The summed E-state index contributed by atoms with van der Waals surface area (Å²) in [6, 6.07) is 8.39. The van der Waals surface area contributed by atoms with Crippen molar-refractivity contribution in [3.05, 3.63) is 41.8 Å². The highest BCUT2D eigenvalue weighted by atomic mass is 19.1. The number of hydrogen-bond donors (Lipinski definition) is 0. The van der Waals surface area contributed by atoms with Gasteiger partial charge in [-0.2, -0.15) is 5.10 Å². The standard InChI is InChI=1S/C19H22FN3O2/c1-18(2,3)25-17(24)22-11-15-10-16(13-5-4-6-14(20)9-13)21-23(15)19(12-22)7-8-19/h4-6,9-10H,7-8,11-12H2,1-3H3. The molecule has 1 saturated carbocycles. The summed E-state index contributed by atoms with van der Waals surface area (Å²) in [6.45, 7) is 6.67. The molecule has 1 aromatic carbocycles. The largest absolute Gasteiger partial charge is 0.444 e. The maximum Gasteiger partial charge on any atom is 0.410 e. The molecule has 0 atom stereocenters. The molecule has 0 radical (unpaired) electrons. The Kier molecular flexibility index (Phi) is 3.42. The van der Waals surface area contributed by atoms with E-state index in [4.69, 9.17) is 9.84 Å². The number of benzene rings is 1. The predicted octanol–water partition coefficient (Wildman–Crippen LogP) is 3.93. The number of nitrogens with zero attached hydrogens (tertiary/aromatic N) is 3. The molecule has 0 saturated heterocycles. The van der Waals surface area contributed by atoms with Gasteiger partial charge in [0.25, 0.3) is 0 Å². The van der Waals surface area contributed by atoms with Crippen LogP contribution in [0.2, 0.25) is 0 Å². The smallest absolute Gasteiger partial charge is 0.410 e. The van der Waals surface area contributed by atoms with Crippen molar-refractivity contribution < 1.29 is 13.9 Å². The number of rotatable bonds is 1. The van der Waals surface area contributed by atoms with Crippen LogP contribution < -0.4 is 0 Å². The normalized spacial score (nSPS) is 18.2. The highest BCUT2D eigenvalue weighted by Gasteiger charge is 2.51. The SMILES string of the molecule is CC(C)(C)OC(=O)N1Cc2cc(-c3cccc(F)c3)nn2C2(CC2)C1. The minimum absolute atomic E-state index is 0.129. The number of halogens is 1. The molecular formula is C19H22FN3O2. The van der Waals surface area contributed by atoms with E-state index in [-0.39, 0.29) is 17.4 Å². The van der Waals surface area contributed by atoms with Crippen LogP contribution in [0.1, 0.15) is 39.3 Å². The monoisotopic (exact) mass is 343 g/mol. The van der Waals surface area contributed by atoms with Crippen LogP contribution >= 0.6 is 0 Å². The second-order valence-corrected chi connectivity index (χ2v) is 8.00. The lowest BCUT2D eigenvalue weighted by Gasteiger charge is -2.35. The molecule has 0 bridgehead atoms. The molecule has 5 nitrogen and oxygen atoms in total. The minimum Gasteiger partial charge on any atom is -0.444 e. The molecule has 132 valence electrons. The van der Waals surface area contributed by atoms with E-state index in [1.807, 2.05) is 37.6 Å². The van der Waals surface area contributed by atoms with E-state index in [0.29, 0.717) is 13.1 Å². The van der Waals surface area contributed by atoms with Gasteiger partial charge >= 0.3 is 6.09 Å². The Labute approximate surface area is 146 Å². The Hall–Kier alpha value is -2.37. The van der Waals surface area contributed by atoms with Crippen molar-refractivity contribution in [1.29, 1.82) is 0 Å². The second-order valence-electron chi connectivity index (χ2n) is 8.00. The molecule has 2 aromatic rings.